The Balaban J connectivity index is 2.50. The van der Waals surface area contributed by atoms with Gasteiger partial charge in [-0.05, 0) is 74.5 Å². The summed E-state index contributed by atoms with van der Waals surface area (Å²) >= 11 is 0. The summed E-state index contributed by atoms with van der Waals surface area (Å²) in [4.78, 5) is 11.4. The lowest BCUT2D eigenvalue weighted by atomic mass is 9.69. The van der Waals surface area contributed by atoms with Crippen molar-refractivity contribution in [3.05, 3.63) is 34.1 Å². The molecule has 202 valence electrons. The van der Waals surface area contributed by atoms with E-state index in [-0.39, 0.29) is 12.2 Å². The Hall–Kier alpha value is -1.55. The molecule has 0 amide bonds. The predicted octanol–water partition coefficient (Wildman–Crippen LogP) is 8.77. The molecular formula is C31H54O4. The molecule has 0 saturated carbocycles. The van der Waals surface area contributed by atoms with Crippen molar-refractivity contribution in [2.45, 2.75) is 132 Å². The van der Waals surface area contributed by atoms with Gasteiger partial charge in [0.2, 0.25) is 0 Å². The lowest BCUT2D eigenvalue weighted by molar-refractivity contribution is -0.142. The Morgan fingerprint density at radius 3 is 2.00 bits per heavy atom. The highest BCUT2D eigenvalue weighted by Gasteiger charge is 2.44. The molecule has 0 fully saturated rings. The number of aliphatic hydroxyl groups excluding tert-OH is 1. The maximum Gasteiger partial charge on any atom is 0.306 e. The normalized spacial score (nSPS) is 23.3. The summed E-state index contributed by atoms with van der Waals surface area (Å²) in [7, 11) is 0. The Bertz CT molecular complexity index is 773. The smallest absolute Gasteiger partial charge is 0.306 e. The van der Waals surface area contributed by atoms with Gasteiger partial charge in [-0.15, -0.1) is 0 Å². The highest BCUT2D eigenvalue weighted by atomic mass is 16.4. The number of carboxylic acid groups (broad SMARTS) is 1. The summed E-state index contributed by atoms with van der Waals surface area (Å²) in [6.45, 7) is 16.8. The summed E-state index contributed by atoms with van der Waals surface area (Å²) in [6, 6.07) is 0. The Labute approximate surface area is 215 Å². The van der Waals surface area contributed by atoms with Gasteiger partial charge < -0.3 is 15.3 Å². The fourth-order valence-corrected chi connectivity index (χ4v) is 5.44. The van der Waals surface area contributed by atoms with Crippen LogP contribution in [0.1, 0.15) is 126 Å². The molecule has 4 atom stereocenters. The molecule has 1 aliphatic rings. The number of hydrogen-bond acceptors (Lipinski definition) is 3. The molecule has 1 aliphatic carbocycles. The summed E-state index contributed by atoms with van der Waals surface area (Å²) < 4.78 is 0. The second kappa shape index (κ2) is 14.9. The monoisotopic (exact) mass is 490 g/mol. The quantitative estimate of drug-likeness (QED) is 0.189. The van der Waals surface area contributed by atoms with Crippen molar-refractivity contribution in [3.8, 4) is 0 Å². The summed E-state index contributed by atoms with van der Waals surface area (Å²) in [5.74, 6) is 1.14. The first-order valence-corrected chi connectivity index (χ1v) is 14.0. The number of allylic oxidation sites excluding steroid dienone is 3. The van der Waals surface area contributed by atoms with E-state index in [9.17, 15) is 20.1 Å². The van der Waals surface area contributed by atoms with E-state index in [4.69, 9.17) is 0 Å². The number of aliphatic hydroxyl groups is 2. The van der Waals surface area contributed by atoms with Gasteiger partial charge in [-0.2, -0.15) is 0 Å². The fourth-order valence-electron chi connectivity index (χ4n) is 5.44. The highest BCUT2D eigenvalue weighted by Crippen LogP contribution is 2.44. The summed E-state index contributed by atoms with van der Waals surface area (Å²) in [5, 5.41) is 31.2. The van der Waals surface area contributed by atoms with E-state index in [1.54, 1.807) is 13.8 Å². The lowest BCUT2D eigenvalue weighted by Gasteiger charge is -2.40. The van der Waals surface area contributed by atoms with Gasteiger partial charge in [-0.25, -0.2) is 0 Å². The van der Waals surface area contributed by atoms with E-state index in [1.165, 1.54) is 50.5 Å². The van der Waals surface area contributed by atoms with Gasteiger partial charge in [0.05, 0.1) is 6.42 Å². The van der Waals surface area contributed by atoms with Crippen molar-refractivity contribution >= 4 is 5.97 Å². The third-order valence-corrected chi connectivity index (χ3v) is 8.34. The van der Waals surface area contributed by atoms with Crippen LogP contribution in [0.2, 0.25) is 0 Å². The average Bonchev–Trinajstić information content (AvgIpc) is 2.76. The van der Waals surface area contributed by atoms with Crippen molar-refractivity contribution in [2.24, 2.45) is 23.7 Å². The first kappa shape index (κ1) is 31.5. The molecule has 1 rings (SSSR count). The van der Waals surface area contributed by atoms with Crippen LogP contribution >= 0.6 is 0 Å². The van der Waals surface area contributed by atoms with Gasteiger partial charge in [-0.3, -0.25) is 4.79 Å². The first-order valence-electron chi connectivity index (χ1n) is 14.0. The SMILES string of the molecule is CC(=CCC1=C(O)C(C)=C(C)C(O)(CC(=O)O)C1C)CCC[C@H](C)CCC[C@H](C)CCCC(C)C. The Morgan fingerprint density at radius 1 is 0.971 bits per heavy atom. The maximum absolute atomic E-state index is 11.4. The van der Waals surface area contributed by atoms with E-state index < -0.39 is 17.5 Å². The van der Waals surface area contributed by atoms with Gasteiger partial charge in [0.15, 0.2) is 0 Å². The van der Waals surface area contributed by atoms with Crippen LogP contribution in [-0.2, 0) is 4.79 Å². The third-order valence-electron chi connectivity index (χ3n) is 8.34. The zero-order chi connectivity index (χ0) is 26.8. The molecule has 35 heavy (non-hydrogen) atoms. The molecule has 4 heteroatoms. The summed E-state index contributed by atoms with van der Waals surface area (Å²) in [5.41, 5.74) is 1.70. The zero-order valence-electron chi connectivity index (χ0n) is 23.9. The van der Waals surface area contributed by atoms with Crippen LogP contribution in [0.5, 0.6) is 0 Å². The molecule has 0 bridgehead atoms. The van der Waals surface area contributed by atoms with Crippen LogP contribution in [0.3, 0.4) is 0 Å². The van der Waals surface area contributed by atoms with Crippen molar-refractivity contribution < 1.29 is 20.1 Å². The van der Waals surface area contributed by atoms with Crippen LogP contribution in [0, 0.1) is 23.7 Å². The topological polar surface area (TPSA) is 77.8 Å². The predicted molar refractivity (Wildman–Crippen MR) is 147 cm³/mol. The average molecular weight is 491 g/mol. The van der Waals surface area contributed by atoms with E-state index in [1.807, 2.05) is 6.92 Å². The number of carbonyl (C=O) groups is 1. The molecule has 0 saturated heterocycles. The van der Waals surface area contributed by atoms with Gasteiger partial charge in [0, 0.05) is 5.92 Å². The van der Waals surface area contributed by atoms with Crippen LogP contribution in [0.4, 0.5) is 0 Å². The molecular weight excluding hydrogens is 436 g/mol. The van der Waals surface area contributed by atoms with E-state index in [0.717, 1.165) is 36.2 Å². The van der Waals surface area contributed by atoms with Gasteiger partial charge >= 0.3 is 5.97 Å². The van der Waals surface area contributed by atoms with Crippen LogP contribution in [-0.4, -0.2) is 26.9 Å². The minimum atomic E-state index is -1.46. The molecule has 2 unspecified atom stereocenters. The minimum Gasteiger partial charge on any atom is -0.508 e. The first-order chi connectivity index (χ1) is 16.3. The number of aliphatic carboxylic acids is 1. The Morgan fingerprint density at radius 2 is 1.49 bits per heavy atom. The largest absolute Gasteiger partial charge is 0.508 e. The Kier molecular flexibility index (Phi) is 13.4. The van der Waals surface area contributed by atoms with E-state index in [0.29, 0.717) is 17.6 Å². The minimum absolute atomic E-state index is 0.209. The maximum atomic E-state index is 11.4. The molecule has 0 aromatic carbocycles. The van der Waals surface area contributed by atoms with Gasteiger partial charge in [0.25, 0.3) is 0 Å². The number of rotatable bonds is 16. The van der Waals surface area contributed by atoms with E-state index >= 15 is 0 Å². The zero-order valence-corrected chi connectivity index (χ0v) is 23.9. The molecule has 0 aromatic rings. The van der Waals surface area contributed by atoms with Crippen molar-refractivity contribution in [3.63, 3.8) is 0 Å². The van der Waals surface area contributed by atoms with Crippen molar-refractivity contribution in [2.75, 3.05) is 0 Å². The molecule has 3 N–H and O–H groups in total. The third kappa shape index (κ3) is 10.1. The van der Waals surface area contributed by atoms with E-state index in [2.05, 4.69) is 40.7 Å². The molecule has 0 heterocycles. The molecule has 0 radical (unpaired) electrons. The van der Waals surface area contributed by atoms with Crippen LogP contribution in [0.15, 0.2) is 34.1 Å². The van der Waals surface area contributed by atoms with Crippen molar-refractivity contribution in [1.29, 1.82) is 0 Å². The van der Waals surface area contributed by atoms with Gasteiger partial charge in [0.1, 0.15) is 11.4 Å². The van der Waals surface area contributed by atoms with Crippen LogP contribution in [0.25, 0.3) is 0 Å². The lowest BCUT2D eigenvalue weighted by Crippen LogP contribution is -2.44. The van der Waals surface area contributed by atoms with Crippen LogP contribution < -0.4 is 0 Å². The second-order valence-electron chi connectivity index (χ2n) is 12.0. The molecule has 0 aliphatic heterocycles. The molecule has 0 aromatic heterocycles. The van der Waals surface area contributed by atoms with Crippen molar-refractivity contribution in [1.82, 2.24) is 0 Å². The number of hydrogen-bond donors (Lipinski definition) is 3. The highest BCUT2D eigenvalue weighted by molar-refractivity contribution is 5.70. The summed E-state index contributed by atoms with van der Waals surface area (Å²) in [6.07, 6.45) is 13.8. The molecule has 4 nitrogen and oxygen atoms in total. The number of carboxylic acids is 1. The van der Waals surface area contributed by atoms with Gasteiger partial charge in [-0.1, -0.05) is 91.2 Å². The fraction of sp³-hybridized carbons (Fsp3) is 0.774. The second-order valence-corrected chi connectivity index (χ2v) is 12.0. The molecule has 0 spiro atoms. The standard InChI is InChI=1S/C31H54O4/c1-21(2)12-9-13-22(3)14-10-15-23(4)16-11-17-24(5)18-19-28-27(8)31(35,20-29(32)33)26(7)25(6)30(28)34/h18,21-23,27,34-35H,9-17,19-20H2,1-8H3,(H,32,33)/t22-,23-,27?,31?/m1/s1.